The van der Waals surface area contributed by atoms with Gasteiger partial charge in [0.15, 0.2) is 0 Å². The summed E-state index contributed by atoms with van der Waals surface area (Å²) in [5, 5.41) is 3.16. The summed E-state index contributed by atoms with van der Waals surface area (Å²) < 4.78 is 1.11. The van der Waals surface area contributed by atoms with E-state index >= 15 is 0 Å². The molecule has 5 N–H and O–H groups in total. The zero-order chi connectivity index (χ0) is 13.3. The lowest BCUT2D eigenvalue weighted by Gasteiger charge is -2.10. The monoisotopic (exact) mass is 307 g/mol. The zero-order valence-corrected chi connectivity index (χ0v) is 11.7. The van der Waals surface area contributed by atoms with E-state index in [0.29, 0.717) is 11.6 Å². The zero-order valence-electron chi connectivity index (χ0n) is 10.2. The molecule has 0 spiro atoms. The van der Waals surface area contributed by atoms with Crippen molar-refractivity contribution in [1.29, 1.82) is 0 Å². The minimum Gasteiger partial charge on any atom is -0.383 e. The van der Waals surface area contributed by atoms with E-state index in [4.69, 9.17) is 11.5 Å². The van der Waals surface area contributed by atoms with E-state index in [1.165, 1.54) is 0 Å². The van der Waals surface area contributed by atoms with Gasteiger partial charge in [-0.15, -0.1) is 0 Å². The van der Waals surface area contributed by atoms with Gasteiger partial charge in [0, 0.05) is 16.2 Å². The highest BCUT2D eigenvalue weighted by atomic mass is 79.9. The van der Waals surface area contributed by atoms with E-state index in [0.717, 1.165) is 21.3 Å². The Labute approximate surface area is 114 Å². The van der Waals surface area contributed by atoms with Crippen molar-refractivity contribution >= 4 is 39.2 Å². The van der Waals surface area contributed by atoms with Crippen molar-refractivity contribution in [2.24, 2.45) is 0 Å². The highest BCUT2D eigenvalue weighted by Gasteiger charge is 2.04. The lowest BCUT2D eigenvalue weighted by atomic mass is 10.1. The molecule has 1 aromatic carbocycles. The SMILES string of the molecule is Cc1cc(Nc2cc(N)nc(N)n2)cc(C)c1Br. The second-order valence-corrected chi connectivity index (χ2v) is 4.88. The topological polar surface area (TPSA) is 89.8 Å². The molecule has 0 radical (unpaired) electrons. The average Bonchev–Trinajstić information content (AvgIpc) is 2.24. The number of hydrogen-bond acceptors (Lipinski definition) is 5. The van der Waals surface area contributed by atoms with E-state index in [1.807, 2.05) is 26.0 Å². The fraction of sp³-hybridized carbons (Fsp3) is 0.167. The number of rotatable bonds is 2. The predicted molar refractivity (Wildman–Crippen MR) is 77.8 cm³/mol. The van der Waals surface area contributed by atoms with E-state index < -0.39 is 0 Å². The Morgan fingerprint density at radius 1 is 1.06 bits per heavy atom. The number of nitrogens with one attached hydrogen (secondary N) is 1. The maximum atomic E-state index is 5.62. The van der Waals surface area contributed by atoms with Gasteiger partial charge in [0.05, 0.1) is 0 Å². The molecule has 0 amide bonds. The van der Waals surface area contributed by atoms with Gasteiger partial charge in [-0.3, -0.25) is 0 Å². The average molecular weight is 308 g/mol. The first-order valence-corrected chi connectivity index (χ1v) is 6.19. The number of anilines is 4. The molecule has 1 aromatic heterocycles. The van der Waals surface area contributed by atoms with Crippen LogP contribution < -0.4 is 16.8 Å². The smallest absolute Gasteiger partial charge is 0.223 e. The lowest BCUT2D eigenvalue weighted by Crippen LogP contribution is -2.03. The molecule has 94 valence electrons. The largest absolute Gasteiger partial charge is 0.383 e. The van der Waals surface area contributed by atoms with Gasteiger partial charge in [0.1, 0.15) is 11.6 Å². The first-order chi connectivity index (χ1) is 8.45. The molecule has 2 rings (SSSR count). The summed E-state index contributed by atoms with van der Waals surface area (Å²) in [5.74, 6) is 1.08. The number of nitrogens with zero attached hydrogens (tertiary/aromatic N) is 2. The molecule has 18 heavy (non-hydrogen) atoms. The van der Waals surface area contributed by atoms with Crippen molar-refractivity contribution in [3.05, 3.63) is 33.8 Å². The molecule has 0 fully saturated rings. The van der Waals surface area contributed by atoms with Crippen LogP contribution in [-0.4, -0.2) is 9.97 Å². The van der Waals surface area contributed by atoms with Crippen LogP contribution in [0.25, 0.3) is 0 Å². The Bertz CT molecular complexity index is 554. The van der Waals surface area contributed by atoms with Crippen LogP contribution in [0.5, 0.6) is 0 Å². The molecule has 0 aliphatic rings. The van der Waals surface area contributed by atoms with Gasteiger partial charge < -0.3 is 16.8 Å². The minimum atomic E-state index is 0.156. The van der Waals surface area contributed by atoms with Gasteiger partial charge in [-0.05, 0) is 37.1 Å². The minimum absolute atomic E-state index is 0.156. The second kappa shape index (κ2) is 4.81. The fourth-order valence-electron chi connectivity index (χ4n) is 1.72. The van der Waals surface area contributed by atoms with Gasteiger partial charge in [-0.1, -0.05) is 15.9 Å². The van der Waals surface area contributed by atoms with Crippen LogP contribution in [-0.2, 0) is 0 Å². The molecule has 2 aromatic rings. The summed E-state index contributed by atoms with van der Waals surface area (Å²) in [7, 11) is 0. The molecule has 6 heteroatoms. The number of halogens is 1. The number of nitrogens with two attached hydrogens (primary N) is 2. The number of aryl methyl sites for hydroxylation is 2. The third-order valence-electron chi connectivity index (χ3n) is 2.47. The van der Waals surface area contributed by atoms with Crippen LogP contribution in [0.15, 0.2) is 22.7 Å². The summed E-state index contributed by atoms with van der Waals surface area (Å²) in [4.78, 5) is 7.90. The Balaban J connectivity index is 2.34. The van der Waals surface area contributed by atoms with E-state index in [-0.39, 0.29) is 5.95 Å². The van der Waals surface area contributed by atoms with Crippen molar-refractivity contribution in [3.63, 3.8) is 0 Å². The van der Waals surface area contributed by atoms with Crippen molar-refractivity contribution in [1.82, 2.24) is 9.97 Å². The fourth-order valence-corrected chi connectivity index (χ4v) is 1.94. The standard InChI is InChI=1S/C12H14BrN5/c1-6-3-8(4-7(2)11(6)13)16-10-5-9(14)17-12(15)18-10/h3-5H,1-2H3,(H5,14,15,16,17,18). The van der Waals surface area contributed by atoms with Crippen molar-refractivity contribution in [3.8, 4) is 0 Å². The maximum absolute atomic E-state index is 5.62. The normalized spacial score (nSPS) is 10.4. The third-order valence-corrected chi connectivity index (χ3v) is 3.72. The van der Waals surface area contributed by atoms with E-state index in [1.54, 1.807) is 6.07 Å². The van der Waals surface area contributed by atoms with Crippen molar-refractivity contribution < 1.29 is 0 Å². The molecule has 0 saturated carbocycles. The Hall–Kier alpha value is -1.82. The second-order valence-electron chi connectivity index (χ2n) is 4.09. The van der Waals surface area contributed by atoms with Crippen molar-refractivity contribution in [2.75, 3.05) is 16.8 Å². The number of nitrogen functional groups attached to an aromatic ring is 2. The summed E-state index contributed by atoms with van der Waals surface area (Å²) in [6.45, 7) is 4.07. The van der Waals surface area contributed by atoms with Crippen LogP contribution in [0.3, 0.4) is 0 Å². The molecule has 0 bridgehead atoms. The van der Waals surface area contributed by atoms with Gasteiger partial charge in [0.25, 0.3) is 0 Å². The van der Waals surface area contributed by atoms with Gasteiger partial charge in [-0.25, -0.2) is 0 Å². The molecular weight excluding hydrogens is 294 g/mol. The molecule has 5 nitrogen and oxygen atoms in total. The van der Waals surface area contributed by atoms with Gasteiger partial charge >= 0.3 is 0 Å². The van der Waals surface area contributed by atoms with Crippen LogP contribution in [0, 0.1) is 13.8 Å². The maximum Gasteiger partial charge on any atom is 0.223 e. The Kier molecular flexibility index (Phi) is 3.38. The molecule has 0 atom stereocenters. The third kappa shape index (κ3) is 2.70. The highest BCUT2D eigenvalue weighted by Crippen LogP contribution is 2.26. The molecule has 0 unspecified atom stereocenters. The first-order valence-electron chi connectivity index (χ1n) is 5.39. The van der Waals surface area contributed by atoms with Crippen LogP contribution in [0.1, 0.15) is 11.1 Å². The summed E-state index contributed by atoms with van der Waals surface area (Å²) in [6, 6.07) is 5.68. The Morgan fingerprint density at radius 2 is 1.67 bits per heavy atom. The van der Waals surface area contributed by atoms with Gasteiger partial charge in [0.2, 0.25) is 5.95 Å². The van der Waals surface area contributed by atoms with Gasteiger partial charge in [-0.2, -0.15) is 9.97 Å². The number of aromatic nitrogens is 2. The summed E-state index contributed by atoms with van der Waals surface area (Å²) in [6.07, 6.45) is 0. The molecule has 0 aliphatic carbocycles. The van der Waals surface area contributed by atoms with Crippen molar-refractivity contribution in [2.45, 2.75) is 13.8 Å². The van der Waals surface area contributed by atoms with E-state index in [9.17, 15) is 0 Å². The number of hydrogen-bond donors (Lipinski definition) is 3. The number of benzene rings is 1. The highest BCUT2D eigenvalue weighted by molar-refractivity contribution is 9.10. The van der Waals surface area contributed by atoms with Crippen LogP contribution in [0.2, 0.25) is 0 Å². The molecule has 0 saturated heterocycles. The first kappa shape index (κ1) is 12.6. The van der Waals surface area contributed by atoms with Crippen LogP contribution >= 0.6 is 15.9 Å². The summed E-state index contributed by atoms with van der Waals surface area (Å²) >= 11 is 3.53. The quantitative estimate of drug-likeness (QED) is 0.793. The van der Waals surface area contributed by atoms with Crippen LogP contribution in [0.4, 0.5) is 23.3 Å². The molecule has 0 aliphatic heterocycles. The van der Waals surface area contributed by atoms with E-state index in [2.05, 4.69) is 31.2 Å². The summed E-state index contributed by atoms with van der Waals surface area (Å²) in [5.41, 5.74) is 14.4. The predicted octanol–water partition coefficient (Wildman–Crippen LogP) is 2.76. The lowest BCUT2D eigenvalue weighted by molar-refractivity contribution is 1.19. The Morgan fingerprint density at radius 3 is 2.22 bits per heavy atom. The molecule has 1 heterocycles. The molecular formula is C12H14BrN5.